The van der Waals surface area contributed by atoms with Crippen molar-refractivity contribution in [1.82, 2.24) is 0 Å². The minimum Gasteiger partial charge on any atom is -0.375 e. The molecule has 3 fully saturated rings. The highest BCUT2D eigenvalue weighted by Gasteiger charge is 2.49. The zero-order valence-electron chi connectivity index (χ0n) is 15.8. The van der Waals surface area contributed by atoms with E-state index in [4.69, 9.17) is 9.47 Å². The standard InChI is InChI=1S/C18H30F2O2.C2H6/c1-11-3-6-13(7-4-11)10-21-15-9-14-8-5-12(2)22-18(14)17(20)16(15)19;1-2/h11-18H,3-10H2,1-2H3;1-2H3. The van der Waals surface area contributed by atoms with E-state index < -0.39 is 24.6 Å². The fraction of sp³-hybridized carbons (Fsp3) is 1.00. The van der Waals surface area contributed by atoms with Gasteiger partial charge in [0.2, 0.25) is 0 Å². The van der Waals surface area contributed by atoms with Gasteiger partial charge in [-0.3, -0.25) is 0 Å². The zero-order valence-corrected chi connectivity index (χ0v) is 15.8. The Balaban J connectivity index is 0.00000100. The van der Waals surface area contributed by atoms with Gasteiger partial charge in [-0.15, -0.1) is 0 Å². The van der Waals surface area contributed by atoms with Gasteiger partial charge in [0.15, 0.2) is 12.3 Å². The number of halogens is 2. The van der Waals surface area contributed by atoms with Gasteiger partial charge in [-0.1, -0.05) is 33.6 Å². The Morgan fingerprint density at radius 1 is 0.917 bits per heavy atom. The molecule has 1 heterocycles. The van der Waals surface area contributed by atoms with Crippen molar-refractivity contribution < 1.29 is 18.3 Å². The van der Waals surface area contributed by atoms with Gasteiger partial charge in [-0.25, -0.2) is 8.78 Å². The Kier molecular flexibility index (Phi) is 7.93. The highest BCUT2D eigenvalue weighted by Crippen LogP contribution is 2.40. The number of hydrogen-bond donors (Lipinski definition) is 0. The largest absolute Gasteiger partial charge is 0.375 e. The van der Waals surface area contributed by atoms with Crippen molar-refractivity contribution in [1.29, 1.82) is 0 Å². The molecule has 0 aromatic heterocycles. The Morgan fingerprint density at radius 3 is 2.25 bits per heavy atom. The lowest BCUT2D eigenvalue weighted by Gasteiger charge is -2.44. The molecule has 24 heavy (non-hydrogen) atoms. The van der Waals surface area contributed by atoms with E-state index in [0.29, 0.717) is 18.9 Å². The van der Waals surface area contributed by atoms with Crippen molar-refractivity contribution in [2.45, 2.75) is 103 Å². The molecule has 0 aromatic rings. The normalized spacial score (nSPS) is 45.8. The smallest absolute Gasteiger partial charge is 0.160 e. The maximum Gasteiger partial charge on any atom is 0.160 e. The number of rotatable bonds is 3. The summed E-state index contributed by atoms with van der Waals surface area (Å²) in [6.45, 7) is 8.83. The van der Waals surface area contributed by atoms with Crippen molar-refractivity contribution in [3.8, 4) is 0 Å². The lowest BCUT2D eigenvalue weighted by molar-refractivity contribution is -0.181. The van der Waals surface area contributed by atoms with E-state index in [9.17, 15) is 8.78 Å². The van der Waals surface area contributed by atoms with Gasteiger partial charge in [0.1, 0.15) is 0 Å². The summed E-state index contributed by atoms with van der Waals surface area (Å²) >= 11 is 0. The van der Waals surface area contributed by atoms with Crippen LogP contribution in [0.1, 0.15) is 72.6 Å². The average molecular weight is 347 g/mol. The van der Waals surface area contributed by atoms with Crippen molar-refractivity contribution in [3.63, 3.8) is 0 Å². The van der Waals surface area contributed by atoms with Crippen molar-refractivity contribution >= 4 is 0 Å². The van der Waals surface area contributed by atoms with Crippen LogP contribution in [0.5, 0.6) is 0 Å². The number of ether oxygens (including phenoxy) is 2. The van der Waals surface area contributed by atoms with Gasteiger partial charge in [0.05, 0.1) is 18.3 Å². The second-order valence-corrected chi connectivity index (χ2v) is 7.87. The zero-order chi connectivity index (χ0) is 17.7. The molecule has 0 bridgehead atoms. The summed E-state index contributed by atoms with van der Waals surface area (Å²) in [5, 5.41) is 0. The quantitative estimate of drug-likeness (QED) is 0.673. The Hall–Kier alpha value is -0.220. The molecule has 6 unspecified atom stereocenters. The number of fused-ring (bicyclic) bond motifs is 1. The van der Waals surface area contributed by atoms with Crippen LogP contribution in [-0.4, -0.2) is 37.3 Å². The molecule has 1 saturated heterocycles. The second kappa shape index (κ2) is 9.47. The first-order chi connectivity index (χ1) is 11.5. The molecule has 2 nitrogen and oxygen atoms in total. The fourth-order valence-corrected chi connectivity index (χ4v) is 4.38. The van der Waals surface area contributed by atoms with Crippen LogP contribution < -0.4 is 0 Å². The number of alkyl halides is 2. The molecule has 0 spiro atoms. The maximum atomic E-state index is 14.4. The predicted octanol–water partition coefficient (Wildman–Crippen LogP) is 5.49. The summed E-state index contributed by atoms with van der Waals surface area (Å²) in [5.41, 5.74) is 0. The van der Waals surface area contributed by atoms with E-state index in [-0.39, 0.29) is 12.0 Å². The SMILES string of the molecule is CC.CC1CCC(COC2CC3CCC(C)OC3C(F)C2F)CC1. The molecule has 3 rings (SSSR count). The molecule has 0 N–H and O–H groups in total. The van der Waals surface area contributed by atoms with Crippen molar-refractivity contribution in [2.75, 3.05) is 6.61 Å². The van der Waals surface area contributed by atoms with Gasteiger partial charge in [0.25, 0.3) is 0 Å². The second-order valence-electron chi connectivity index (χ2n) is 7.87. The van der Waals surface area contributed by atoms with Crippen LogP contribution in [0.4, 0.5) is 8.78 Å². The molecule has 2 aliphatic carbocycles. The van der Waals surface area contributed by atoms with E-state index in [1.54, 1.807) is 0 Å². The molecule has 1 aliphatic heterocycles. The molecule has 0 radical (unpaired) electrons. The van der Waals surface area contributed by atoms with Gasteiger partial charge >= 0.3 is 0 Å². The van der Waals surface area contributed by atoms with Crippen molar-refractivity contribution in [3.05, 3.63) is 0 Å². The molecule has 2 saturated carbocycles. The molecular weight excluding hydrogens is 310 g/mol. The highest BCUT2D eigenvalue weighted by molar-refractivity contribution is 4.97. The minimum atomic E-state index is -1.53. The molecular formula is C20H36F2O2. The van der Waals surface area contributed by atoms with Crippen molar-refractivity contribution in [2.24, 2.45) is 17.8 Å². The first-order valence-corrected chi connectivity index (χ1v) is 10.1. The van der Waals surface area contributed by atoms with Crippen LogP contribution in [0.25, 0.3) is 0 Å². The van der Waals surface area contributed by atoms with Gasteiger partial charge in [0, 0.05) is 6.61 Å². The van der Waals surface area contributed by atoms with Gasteiger partial charge in [-0.2, -0.15) is 0 Å². The first kappa shape index (κ1) is 20.1. The molecule has 4 heteroatoms. The van der Waals surface area contributed by atoms with Crippen LogP contribution in [0.15, 0.2) is 0 Å². The molecule has 3 aliphatic rings. The summed E-state index contributed by atoms with van der Waals surface area (Å²) in [6.07, 6.45) is 3.13. The van der Waals surface area contributed by atoms with Crippen LogP contribution in [0.2, 0.25) is 0 Å². The van der Waals surface area contributed by atoms with E-state index >= 15 is 0 Å². The lowest BCUT2D eigenvalue weighted by Crippen LogP contribution is -2.54. The Bertz CT molecular complexity index is 356. The number of hydrogen-bond acceptors (Lipinski definition) is 2. The molecule has 142 valence electrons. The third kappa shape index (κ3) is 4.91. The Labute approximate surface area is 146 Å². The summed E-state index contributed by atoms with van der Waals surface area (Å²) < 4.78 is 40.3. The monoisotopic (exact) mass is 346 g/mol. The third-order valence-corrected chi connectivity index (χ3v) is 5.99. The average Bonchev–Trinajstić information content (AvgIpc) is 2.60. The predicted molar refractivity (Wildman–Crippen MR) is 93.7 cm³/mol. The van der Waals surface area contributed by atoms with Crippen LogP contribution in [0, 0.1) is 17.8 Å². The fourth-order valence-electron chi connectivity index (χ4n) is 4.38. The lowest BCUT2D eigenvalue weighted by atomic mass is 9.77. The van der Waals surface area contributed by atoms with E-state index in [1.165, 1.54) is 12.8 Å². The summed E-state index contributed by atoms with van der Waals surface area (Å²) in [7, 11) is 0. The maximum absolute atomic E-state index is 14.4. The van der Waals surface area contributed by atoms with Gasteiger partial charge in [-0.05, 0) is 56.8 Å². The molecule has 0 amide bonds. The van der Waals surface area contributed by atoms with E-state index in [1.807, 2.05) is 20.8 Å². The molecule has 6 atom stereocenters. The summed E-state index contributed by atoms with van der Waals surface area (Å²) in [6, 6.07) is 0. The Morgan fingerprint density at radius 2 is 1.58 bits per heavy atom. The van der Waals surface area contributed by atoms with Crippen LogP contribution in [0.3, 0.4) is 0 Å². The molecule has 0 aromatic carbocycles. The topological polar surface area (TPSA) is 18.5 Å². The van der Waals surface area contributed by atoms with E-state index in [0.717, 1.165) is 31.6 Å². The third-order valence-electron chi connectivity index (χ3n) is 5.99. The summed E-state index contributed by atoms with van der Waals surface area (Å²) in [5.74, 6) is 1.45. The highest BCUT2D eigenvalue weighted by atomic mass is 19.2. The van der Waals surface area contributed by atoms with E-state index in [2.05, 4.69) is 6.92 Å². The minimum absolute atomic E-state index is 0.0494. The van der Waals surface area contributed by atoms with Gasteiger partial charge < -0.3 is 9.47 Å². The first-order valence-electron chi connectivity index (χ1n) is 10.1. The van der Waals surface area contributed by atoms with Crippen LogP contribution in [-0.2, 0) is 9.47 Å². The summed E-state index contributed by atoms with van der Waals surface area (Å²) in [4.78, 5) is 0. The van der Waals surface area contributed by atoms with Crippen LogP contribution >= 0.6 is 0 Å².